The minimum atomic E-state index is -0.0513. The van der Waals surface area contributed by atoms with Crippen molar-refractivity contribution in [1.29, 1.82) is 0 Å². The zero-order valence-electron chi connectivity index (χ0n) is 18.3. The Morgan fingerprint density at radius 1 is 1.04 bits per heavy atom. The number of fused-ring (bicyclic) bond motifs is 5. The molecule has 158 valence electrons. The molecule has 0 amide bonds. The van der Waals surface area contributed by atoms with Crippen molar-refractivity contribution in [2.75, 3.05) is 6.61 Å². The van der Waals surface area contributed by atoms with Gasteiger partial charge in [0.1, 0.15) is 5.78 Å². The van der Waals surface area contributed by atoms with E-state index in [9.17, 15) is 9.59 Å². The van der Waals surface area contributed by atoms with Gasteiger partial charge in [-0.2, -0.15) is 0 Å². The maximum absolute atomic E-state index is 13.3. The summed E-state index contributed by atoms with van der Waals surface area (Å²) in [5, 5.41) is 0. The van der Waals surface area contributed by atoms with E-state index >= 15 is 0 Å². The van der Waals surface area contributed by atoms with Crippen molar-refractivity contribution in [2.24, 2.45) is 40.4 Å². The number of ketones is 1. The van der Waals surface area contributed by atoms with Gasteiger partial charge >= 0.3 is 5.97 Å². The summed E-state index contributed by atoms with van der Waals surface area (Å²) in [6.07, 6.45) is 13.8. The molecule has 4 rings (SSSR count). The number of ether oxygens (including phenoxy) is 1. The second kappa shape index (κ2) is 7.76. The predicted molar refractivity (Wildman–Crippen MR) is 111 cm³/mol. The molecule has 28 heavy (non-hydrogen) atoms. The number of rotatable bonds is 5. The summed E-state index contributed by atoms with van der Waals surface area (Å²) in [6, 6.07) is 0. The van der Waals surface area contributed by atoms with Crippen LogP contribution in [0, 0.1) is 40.4 Å². The number of Topliss-reactive ketones (excluding diaryl/α,β-unsaturated/α-hetero) is 1. The van der Waals surface area contributed by atoms with Gasteiger partial charge in [-0.25, -0.2) is 0 Å². The smallest absolute Gasteiger partial charge is 0.305 e. The molecule has 4 aliphatic carbocycles. The Kier molecular flexibility index (Phi) is 5.66. The van der Waals surface area contributed by atoms with E-state index in [0.29, 0.717) is 59.2 Å². The highest BCUT2D eigenvalue weighted by molar-refractivity contribution is 5.83. The van der Waals surface area contributed by atoms with Crippen LogP contribution in [0.4, 0.5) is 0 Å². The van der Waals surface area contributed by atoms with Crippen molar-refractivity contribution in [3.05, 3.63) is 0 Å². The van der Waals surface area contributed by atoms with Crippen LogP contribution in [0.15, 0.2) is 0 Å². The molecule has 0 heterocycles. The summed E-state index contributed by atoms with van der Waals surface area (Å²) in [6.45, 7) is 7.37. The standard InChI is InChI=1S/C25H40O3/c1-4-28-22(27)10-7-9-17-11-12-19-23-20(13-15-25(17,19)3)24(2)14-6-5-8-18(24)16-21(23)26/h17-20,23H,4-16H2,1-3H3/t17-,18?,19?,20?,23?,24?,25?/m0/s1. The molecular formula is C25H40O3. The molecule has 0 aromatic heterocycles. The molecule has 4 aliphatic rings. The van der Waals surface area contributed by atoms with Crippen LogP contribution < -0.4 is 0 Å². The van der Waals surface area contributed by atoms with Gasteiger partial charge in [-0.15, -0.1) is 0 Å². The quantitative estimate of drug-likeness (QED) is 0.547. The fourth-order valence-electron chi connectivity index (χ4n) is 8.27. The minimum absolute atomic E-state index is 0.0513. The topological polar surface area (TPSA) is 43.4 Å². The van der Waals surface area contributed by atoms with Crippen molar-refractivity contribution in [2.45, 2.75) is 97.8 Å². The lowest BCUT2D eigenvalue weighted by Gasteiger charge is -2.59. The number of esters is 1. The Morgan fingerprint density at radius 2 is 1.82 bits per heavy atom. The lowest BCUT2D eigenvalue weighted by atomic mass is 9.44. The third-order valence-corrected chi connectivity index (χ3v) is 9.82. The van der Waals surface area contributed by atoms with Gasteiger partial charge in [-0.1, -0.05) is 26.7 Å². The molecule has 0 spiro atoms. The van der Waals surface area contributed by atoms with E-state index in [1.54, 1.807) is 0 Å². The molecule has 0 saturated heterocycles. The maximum Gasteiger partial charge on any atom is 0.305 e. The number of hydrogen-bond acceptors (Lipinski definition) is 3. The zero-order valence-corrected chi connectivity index (χ0v) is 18.3. The number of carbonyl (C=O) groups is 2. The molecule has 4 fully saturated rings. The summed E-state index contributed by atoms with van der Waals surface area (Å²) in [4.78, 5) is 25.0. The van der Waals surface area contributed by atoms with E-state index in [-0.39, 0.29) is 5.97 Å². The zero-order chi connectivity index (χ0) is 19.9. The van der Waals surface area contributed by atoms with E-state index in [0.717, 1.165) is 19.3 Å². The Morgan fingerprint density at radius 3 is 2.61 bits per heavy atom. The summed E-state index contributed by atoms with van der Waals surface area (Å²) in [5.41, 5.74) is 0.726. The second-order valence-electron chi connectivity index (χ2n) is 10.9. The molecule has 0 N–H and O–H groups in total. The molecule has 0 aromatic rings. The molecule has 0 radical (unpaired) electrons. The Hall–Kier alpha value is -0.860. The highest BCUT2D eigenvalue weighted by Crippen LogP contribution is 2.67. The molecular weight excluding hydrogens is 348 g/mol. The largest absolute Gasteiger partial charge is 0.466 e. The van der Waals surface area contributed by atoms with Gasteiger partial charge in [0.2, 0.25) is 0 Å². The van der Waals surface area contributed by atoms with Gasteiger partial charge in [0, 0.05) is 18.8 Å². The fourth-order valence-corrected chi connectivity index (χ4v) is 8.27. The van der Waals surface area contributed by atoms with Crippen LogP contribution in [-0.2, 0) is 14.3 Å². The third kappa shape index (κ3) is 3.25. The molecule has 7 atom stereocenters. The average molecular weight is 389 g/mol. The van der Waals surface area contributed by atoms with Crippen LogP contribution >= 0.6 is 0 Å². The Balaban J connectivity index is 1.46. The van der Waals surface area contributed by atoms with Gasteiger partial charge < -0.3 is 4.74 Å². The normalized spacial score (nSPS) is 45.1. The van der Waals surface area contributed by atoms with Crippen LogP contribution in [0.3, 0.4) is 0 Å². The van der Waals surface area contributed by atoms with E-state index in [2.05, 4.69) is 13.8 Å². The van der Waals surface area contributed by atoms with Crippen molar-refractivity contribution in [3.8, 4) is 0 Å². The van der Waals surface area contributed by atoms with Gasteiger partial charge in [0.25, 0.3) is 0 Å². The average Bonchev–Trinajstić information content (AvgIpc) is 2.99. The molecule has 0 aliphatic heterocycles. The van der Waals surface area contributed by atoms with E-state index < -0.39 is 0 Å². The third-order valence-electron chi connectivity index (χ3n) is 9.82. The summed E-state index contributed by atoms with van der Waals surface area (Å²) in [7, 11) is 0. The molecule has 3 heteroatoms. The van der Waals surface area contributed by atoms with Crippen LogP contribution in [0.25, 0.3) is 0 Å². The SMILES string of the molecule is CCOC(=O)CCC[C@H]1CCC2C3C(=O)CC4CCCCC4(C)C3CCC21C. The molecule has 0 aromatic carbocycles. The van der Waals surface area contributed by atoms with Gasteiger partial charge in [0.05, 0.1) is 6.61 Å². The van der Waals surface area contributed by atoms with Crippen molar-refractivity contribution in [3.63, 3.8) is 0 Å². The van der Waals surface area contributed by atoms with Gasteiger partial charge in [0.15, 0.2) is 0 Å². The lowest BCUT2D eigenvalue weighted by Crippen LogP contribution is -2.56. The predicted octanol–water partition coefficient (Wildman–Crippen LogP) is 5.95. The first-order valence-electron chi connectivity index (χ1n) is 12.1. The van der Waals surface area contributed by atoms with Gasteiger partial charge in [-0.05, 0) is 92.8 Å². The first kappa shape index (κ1) is 20.4. The molecule has 0 bridgehead atoms. The molecule has 6 unspecified atom stereocenters. The highest BCUT2D eigenvalue weighted by atomic mass is 16.5. The Labute approximate surface area is 171 Å². The van der Waals surface area contributed by atoms with Crippen molar-refractivity contribution < 1.29 is 14.3 Å². The maximum atomic E-state index is 13.3. The van der Waals surface area contributed by atoms with Crippen LogP contribution in [0.2, 0.25) is 0 Å². The molecule has 4 saturated carbocycles. The number of carbonyl (C=O) groups excluding carboxylic acids is 2. The fraction of sp³-hybridized carbons (Fsp3) is 0.920. The monoisotopic (exact) mass is 388 g/mol. The van der Waals surface area contributed by atoms with Crippen LogP contribution in [0.5, 0.6) is 0 Å². The van der Waals surface area contributed by atoms with Crippen LogP contribution in [-0.4, -0.2) is 18.4 Å². The minimum Gasteiger partial charge on any atom is -0.466 e. The highest BCUT2D eigenvalue weighted by Gasteiger charge is 2.61. The Bertz CT molecular complexity index is 613. The lowest BCUT2D eigenvalue weighted by molar-refractivity contribution is -0.155. The summed E-state index contributed by atoms with van der Waals surface area (Å²) >= 11 is 0. The number of hydrogen-bond donors (Lipinski definition) is 0. The second-order valence-corrected chi connectivity index (χ2v) is 10.9. The van der Waals surface area contributed by atoms with Gasteiger partial charge in [-0.3, -0.25) is 9.59 Å². The van der Waals surface area contributed by atoms with Crippen molar-refractivity contribution in [1.82, 2.24) is 0 Å². The molecule has 3 nitrogen and oxygen atoms in total. The summed E-state index contributed by atoms with van der Waals surface area (Å²) in [5.74, 6) is 3.44. The van der Waals surface area contributed by atoms with E-state index in [4.69, 9.17) is 4.74 Å². The first-order valence-corrected chi connectivity index (χ1v) is 12.1. The van der Waals surface area contributed by atoms with E-state index in [1.807, 2.05) is 6.92 Å². The van der Waals surface area contributed by atoms with E-state index in [1.165, 1.54) is 51.4 Å². The first-order chi connectivity index (χ1) is 13.4. The summed E-state index contributed by atoms with van der Waals surface area (Å²) < 4.78 is 5.10. The van der Waals surface area contributed by atoms with Crippen LogP contribution in [0.1, 0.15) is 97.8 Å². The van der Waals surface area contributed by atoms with Crippen molar-refractivity contribution >= 4 is 11.8 Å².